The summed E-state index contributed by atoms with van der Waals surface area (Å²) in [6.45, 7) is 1.09. The Morgan fingerprint density at radius 2 is 1.88 bits per heavy atom. The molecule has 1 rings (SSSR count). The lowest BCUT2D eigenvalue weighted by atomic mass is 10.3. The van der Waals surface area contributed by atoms with Crippen LogP contribution in [0, 0.1) is 11.6 Å². The molecule has 0 bridgehead atoms. The summed E-state index contributed by atoms with van der Waals surface area (Å²) in [6.07, 6.45) is 0. The number of hydrogen-bond acceptors (Lipinski definition) is 3. The number of hydrogen-bond donors (Lipinski definition) is 2. The molecule has 16 heavy (non-hydrogen) atoms. The second-order valence-corrected chi connectivity index (χ2v) is 4.55. The van der Waals surface area contributed by atoms with E-state index in [-0.39, 0.29) is 0 Å². The zero-order chi connectivity index (χ0) is 12.3. The van der Waals surface area contributed by atoms with Crippen LogP contribution >= 0.6 is 0 Å². The lowest BCUT2D eigenvalue weighted by molar-refractivity contribution is -0.119. The Balaban J connectivity index is 2.99. The quantitative estimate of drug-likeness (QED) is 0.757. The Labute approximate surface area is 90.5 Å². The monoisotopic (exact) mass is 250 g/mol. The van der Waals surface area contributed by atoms with Crippen LogP contribution in [-0.2, 0) is 14.8 Å². The van der Waals surface area contributed by atoms with Gasteiger partial charge in [-0.05, 0) is 18.2 Å². The average Bonchev–Trinajstić information content (AvgIpc) is 2.19. The van der Waals surface area contributed by atoms with Gasteiger partial charge in [-0.25, -0.2) is 17.2 Å². The first-order chi connectivity index (χ1) is 7.33. The normalized spacial score (nSPS) is 11.2. The summed E-state index contributed by atoms with van der Waals surface area (Å²) in [5.74, 6) is -3.07. The van der Waals surface area contributed by atoms with Crippen molar-refractivity contribution in [2.75, 3.05) is 0 Å². The van der Waals surface area contributed by atoms with Crippen LogP contribution in [0.1, 0.15) is 6.92 Å². The molecule has 0 aliphatic rings. The molecule has 0 saturated carbocycles. The maximum absolute atomic E-state index is 12.8. The van der Waals surface area contributed by atoms with Crippen molar-refractivity contribution in [2.24, 2.45) is 0 Å². The van der Waals surface area contributed by atoms with E-state index in [9.17, 15) is 22.0 Å². The Hall–Kier alpha value is -1.54. The van der Waals surface area contributed by atoms with Gasteiger partial charge in [-0.15, -0.1) is 4.83 Å². The molecule has 0 aromatic heterocycles. The van der Waals surface area contributed by atoms with Gasteiger partial charge in [0.2, 0.25) is 5.91 Å². The molecule has 88 valence electrons. The molecule has 1 aromatic carbocycles. The molecule has 8 heteroatoms. The molecule has 0 fully saturated rings. The lowest BCUT2D eigenvalue weighted by Crippen LogP contribution is -2.40. The first-order valence-electron chi connectivity index (χ1n) is 4.06. The van der Waals surface area contributed by atoms with E-state index in [1.54, 1.807) is 4.83 Å². The van der Waals surface area contributed by atoms with Crippen molar-refractivity contribution in [1.29, 1.82) is 0 Å². The standard InChI is InChI=1S/C8H8F2N2O3S/c1-5(13)11-12-16(14,15)6-2-3-7(9)8(10)4-6/h2-4,12H,1H3,(H,11,13). The van der Waals surface area contributed by atoms with E-state index in [1.165, 1.54) is 0 Å². The van der Waals surface area contributed by atoms with Gasteiger partial charge in [0.25, 0.3) is 10.0 Å². The molecule has 0 atom stereocenters. The van der Waals surface area contributed by atoms with Crippen molar-refractivity contribution in [3.8, 4) is 0 Å². The molecule has 1 amide bonds. The van der Waals surface area contributed by atoms with Gasteiger partial charge in [0.05, 0.1) is 4.90 Å². The number of halogens is 2. The van der Waals surface area contributed by atoms with E-state index in [0.717, 1.165) is 13.0 Å². The predicted octanol–water partition coefficient (Wildman–Crippen LogP) is 0.294. The summed E-state index contributed by atoms with van der Waals surface area (Å²) >= 11 is 0. The molecule has 0 aliphatic heterocycles. The van der Waals surface area contributed by atoms with Crippen LogP contribution in [0.2, 0.25) is 0 Å². The molecule has 0 heterocycles. The zero-order valence-corrected chi connectivity index (χ0v) is 8.94. The topological polar surface area (TPSA) is 75.3 Å². The molecule has 2 N–H and O–H groups in total. The first kappa shape index (κ1) is 12.5. The summed E-state index contributed by atoms with van der Waals surface area (Å²) in [5, 5.41) is 0. The fourth-order valence-electron chi connectivity index (χ4n) is 0.842. The molecule has 1 aromatic rings. The van der Waals surface area contributed by atoms with E-state index in [1.807, 2.05) is 5.43 Å². The number of hydrazine groups is 1. The van der Waals surface area contributed by atoms with Gasteiger partial charge in [-0.2, -0.15) is 0 Å². The van der Waals surface area contributed by atoms with Gasteiger partial charge in [0, 0.05) is 6.92 Å². The summed E-state index contributed by atoms with van der Waals surface area (Å²) in [5.41, 5.74) is 1.83. The average molecular weight is 250 g/mol. The van der Waals surface area contributed by atoms with Crippen LogP contribution in [0.5, 0.6) is 0 Å². The van der Waals surface area contributed by atoms with E-state index in [4.69, 9.17) is 0 Å². The highest BCUT2D eigenvalue weighted by atomic mass is 32.2. The third-order valence-electron chi connectivity index (χ3n) is 1.56. The van der Waals surface area contributed by atoms with Crippen LogP contribution in [0.3, 0.4) is 0 Å². The van der Waals surface area contributed by atoms with Crippen LogP contribution in [0.4, 0.5) is 8.78 Å². The minimum Gasteiger partial charge on any atom is -0.278 e. The SMILES string of the molecule is CC(=O)NNS(=O)(=O)c1ccc(F)c(F)c1. The highest BCUT2D eigenvalue weighted by Gasteiger charge is 2.16. The van der Waals surface area contributed by atoms with Crippen molar-refractivity contribution in [2.45, 2.75) is 11.8 Å². The van der Waals surface area contributed by atoms with Gasteiger partial charge in [0.15, 0.2) is 11.6 Å². The summed E-state index contributed by atoms with van der Waals surface area (Å²) in [7, 11) is -4.08. The second kappa shape index (κ2) is 4.54. The molecule has 5 nitrogen and oxygen atoms in total. The Bertz CT molecular complexity index is 516. The van der Waals surface area contributed by atoms with Crippen molar-refractivity contribution >= 4 is 15.9 Å². The molecular weight excluding hydrogens is 242 g/mol. The van der Waals surface area contributed by atoms with Gasteiger partial charge in [-0.3, -0.25) is 10.2 Å². The van der Waals surface area contributed by atoms with Crippen LogP contribution in [0.25, 0.3) is 0 Å². The third-order valence-corrected chi connectivity index (χ3v) is 2.81. The van der Waals surface area contributed by atoms with E-state index >= 15 is 0 Å². The molecule has 0 unspecified atom stereocenters. The summed E-state index contributed by atoms with van der Waals surface area (Å²) in [4.78, 5) is 11.7. The molecule has 0 aliphatic carbocycles. The predicted molar refractivity (Wildman–Crippen MR) is 50.5 cm³/mol. The minimum atomic E-state index is -4.08. The third kappa shape index (κ3) is 2.97. The summed E-state index contributed by atoms with van der Waals surface area (Å²) < 4.78 is 48.1. The van der Waals surface area contributed by atoms with Gasteiger partial charge < -0.3 is 0 Å². The van der Waals surface area contributed by atoms with E-state index in [0.29, 0.717) is 12.1 Å². The van der Waals surface area contributed by atoms with E-state index in [2.05, 4.69) is 0 Å². The number of benzene rings is 1. The molecule has 0 radical (unpaired) electrons. The first-order valence-corrected chi connectivity index (χ1v) is 5.54. The number of sulfonamides is 1. The van der Waals surface area contributed by atoms with Crippen LogP contribution in [-0.4, -0.2) is 14.3 Å². The molecule has 0 saturated heterocycles. The van der Waals surface area contributed by atoms with Gasteiger partial charge in [0.1, 0.15) is 0 Å². The fraction of sp³-hybridized carbons (Fsp3) is 0.125. The number of rotatable bonds is 3. The van der Waals surface area contributed by atoms with Crippen molar-refractivity contribution in [3.05, 3.63) is 29.8 Å². The van der Waals surface area contributed by atoms with E-state index < -0.39 is 32.5 Å². The minimum absolute atomic E-state index is 0.486. The van der Waals surface area contributed by atoms with Gasteiger partial charge >= 0.3 is 0 Å². The number of amides is 1. The van der Waals surface area contributed by atoms with Gasteiger partial charge in [-0.1, -0.05) is 0 Å². The molecular formula is C8H8F2N2O3S. The summed E-state index contributed by atoms with van der Waals surface area (Å²) in [6, 6.07) is 2.07. The smallest absolute Gasteiger partial charge is 0.257 e. The highest BCUT2D eigenvalue weighted by molar-refractivity contribution is 7.89. The van der Waals surface area contributed by atoms with Crippen LogP contribution in [0.15, 0.2) is 23.1 Å². The molecule has 0 spiro atoms. The fourth-order valence-corrected chi connectivity index (χ4v) is 1.74. The maximum atomic E-state index is 12.8. The zero-order valence-electron chi connectivity index (χ0n) is 8.12. The second-order valence-electron chi connectivity index (χ2n) is 2.86. The van der Waals surface area contributed by atoms with Crippen molar-refractivity contribution < 1.29 is 22.0 Å². The number of carbonyl (C=O) groups is 1. The van der Waals surface area contributed by atoms with Crippen molar-refractivity contribution in [1.82, 2.24) is 10.3 Å². The number of nitrogens with one attached hydrogen (secondary N) is 2. The number of carbonyl (C=O) groups excluding carboxylic acids is 1. The maximum Gasteiger partial charge on any atom is 0.257 e. The Morgan fingerprint density at radius 3 is 2.38 bits per heavy atom. The Morgan fingerprint density at radius 1 is 1.25 bits per heavy atom. The lowest BCUT2D eigenvalue weighted by Gasteiger charge is -2.06. The van der Waals surface area contributed by atoms with Crippen molar-refractivity contribution in [3.63, 3.8) is 0 Å². The largest absolute Gasteiger partial charge is 0.278 e. The highest BCUT2D eigenvalue weighted by Crippen LogP contribution is 2.12. The Kier molecular flexibility index (Phi) is 3.55. The van der Waals surface area contributed by atoms with Crippen LogP contribution < -0.4 is 10.3 Å².